The number of carbonyl (C=O) groups excluding carboxylic acids is 1. The summed E-state index contributed by atoms with van der Waals surface area (Å²) < 4.78 is 0. The molecule has 1 heterocycles. The van der Waals surface area contributed by atoms with Crippen molar-refractivity contribution in [2.24, 2.45) is 0 Å². The number of thioether (sulfide) groups is 1. The van der Waals surface area contributed by atoms with Gasteiger partial charge in [-0.2, -0.15) is 0 Å². The highest BCUT2D eigenvalue weighted by molar-refractivity contribution is 8.00. The molecule has 3 heteroatoms. The van der Waals surface area contributed by atoms with Crippen molar-refractivity contribution in [3.05, 3.63) is 35.4 Å². The third-order valence-corrected chi connectivity index (χ3v) is 5.78. The number of nitrogens with zero attached hydrogens (tertiary/aromatic N) is 1. The van der Waals surface area contributed by atoms with E-state index in [1.807, 2.05) is 0 Å². The Morgan fingerprint density at radius 2 is 1.85 bits per heavy atom. The zero-order valence-corrected chi connectivity index (χ0v) is 13.0. The van der Waals surface area contributed by atoms with Crippen LogP contribution in [0.1, 0.15) is 55.5 Å². The Hall–Kier alpha value is -0.960. The first-order valence-electron chi connectivity index (χ1n) is 7.81. The summed E-state index contributed by atoms with van der Waals surface area (Å²) in [5, 5.41) is 0.247. The van der Waals surface area contributed by atoms with Crippen LogP contribution in [-0.2, 0) is 11.2 Å². The minimum Gasteiger partial charge on any atom is -0.323 e. The van der Waals surface area contributed by atoms with Crippen molar-refractivity contribution < 1.29 is 4.79 Å². The number of amides is 1. The van der Waals surface area contributed by atoms with Gasteiger partial charge in [0.25, 0.3) is 0 Å². The van der Waals surface area contributed by atoms with Crippen molar-refractivity contribution >= 4 is 17.7 Å². The second kappa shape index (κ2) is 6.21. The molecule has 1 aromatic rings. The molecule has 0 bridgehead atoms. The molecule has 1 saturated carbocycles. The molecule has 1 aliphatic heterocycles. The van der Waals surface area contributed by atoms with Crippen LogP contribution >= 0.6 is 11.8 Å². The van der Waals surface area contributed by atoms with Gasteiger partial charge in [0.1, 0.15) is 5.37 Å². The summed E-state index contributed by atoms with van der Waals surface area (Å²) in [6.45, 7) is 2.18. The number of hydrogen-bond donors (Lipinski definition) is 0. The molecular formula is C17H23NOS. The van der Waals surface area contributed by atoms with Gasteiger partial charge in [0.05, 0.1) is 5.75 Å². The van der Waals surface area contributed by atoms with Gasteiger partial charge in [0.15, 0.2) is 0 Å². The topological polar surface area (TPSA) is 20.3 Å². The van der Waals surface area contributed by atoms with E-state index in [1.165, 1.54) is 43.2 Å². The fraction of sp³-hybridized carbons (Fsp3) is 0.588. The van der Waals surface area contributed by atoms with E-state index in [4.69, 9.17) is 0 Å². The second-order valence-corrected chi connectivity index (χ2v) is 6.92. The van der Waals surface area contributed by atoms with Crippen LogP contribution in [0.5, 0.6) is 0 Å². The third kappa shape index (κ3) is 2.73. The summed E-state index contributed by atoms with van der Waals surface area (Å²) in [7, 11) is 0. The summed E-state index contributed by atoms with van der Waals surface area (Å²) in [5.74, 6) is 0.989. The number of benzene rings is 1. The van der Waals surface area contributed by atoms with Crippen LogP contribution in [0.2, 0.25) is 0 Å². The lowest BCUT2D eigenvalue weighted by Gasteiger charge is -2.35. The Bertz CT molecular complexity index is 464. The zero-order valence-electron chi connectivity index (χ0n) is 12.2. The summed E-state index contributed by atoms with van der Waals surface area (Å²) >= 11 is 1.80. The maximum absolute atomic E-state index is 12.3. The Kier molecular flexibility index (Phi) is 4.35. The van der Waals surface area contributed by atoms with E-state index in [0.717, 1.165) is 6.42 Å². The van der Waals surface area contributed by atoms with Gasteiger partial charge in [-0.1, -0.05) is 50.5 Å². The highest BCUT2D eigenvalue weighted by Gasteiger charge is 2.37. The van der Waals surface area contributed by atoms with Gasteiger partial charge in [-0.3, -0.25) is 4.79 Å². The Morgan fingerprint density at radius 3 is 2.50 bits per heavy atom. The maximum Gasteiger partial charge on any atom is 0.234 e. The smallest absolute Gasteiger partial charge is 0.234 e. The molecular weight excluding hydrogens is 266 g/mol. The van der Waals surface area contributed by atoms with E-state index >= 15 is 0 Å². The lowest BCUT2D eigenvalue weighted by Crippen LogP contribution is -2.39. The predicted octanol–water partition coefficient (Wildman–Crippen LogP) is 4.16. The first-order chi connectivity index (χ1) is 9.79. The molecule has 0 N–H and O–H groups in total. The van der Waals surface area contributed by atoms with Crippen molar-refractivity contribution in [2.75, 3.05) is 5.75 Å². The number of carbonyl (C=O) groups is 1. The van der Waals surface area contributed by atoms with E-state index in [2.05, 4.69) is 36.1 Å². The predicted molar refractivity (Wildman–Crippen MR) is 84.7 cm³/mol. The minimum absolute atomic E-state index is 0.247. The van der Waals surface area contributed by atoms with Gasteiger partial charge in [0, 0.05) is 6.04 Å². The van der Waals surface area contributed by atoms with Crippen LogP contribution in [0.15, 0.2) is 24.3 Å². The van der Waals surface area contributed by atoms with Crippen LogP contribution in [0, 0.1) is 0 Å². The van der Waals surface area contributed by atoms with Crippen molar-refractivity contribution in [3.8, 4) is 0 Å². The molecule has 1 aliphatic carbocycles. The minimum atomic E-state index is 0.247. The zero-order chi connectivity index (χ0) is 13.9. The molecule has 0 spiro atoms. The second-order valence-electron chi connectivity index (χ2n) is 5.85. The Morgan fingerprint density at radius 1 is 1.15 bits per heavy atom. The molecule has 0 unspecified atom stereocenters. The summed E-state index contributed by atoms with van der Waals surface area (Å²) in [4.78, 5) is 14.5. The molecule has 3 rings (SSSR count). The molecule has 0 aromatic heterocycles. The monoisotopic (exact) mass is 289 g/mol. The van der Waals surface area contributed by atoms with E-state index in [1.54, 1.807) is 11.8 Å². The molecule has 2 aliphatic rings. The number of aryl methyl sites for hydroxylation is 1. The van der Waals surface area contributed by atoms with E-state index in [-0.39, 0.29) is 5.37 Å². The number of rotatable bonds is 3. The molecule has 1 saturated heterocycles. The van der Waals surface area contributed by atoms with Gasteiger partial charge < -0.3 is 4.90 Å². The van der Waals surface area contributed by atoms with Gasteiger partial charge in [-0.15, -0.1) is 11.8 Å². The molecule has 1 aromatic carbocycles. The van der Waals surface area contributed by atoms with Crippen LogP contribution < -0.4 is 0 Å². The maximum atomic E-state index is 12.3. The molecule has 1 amide bonds. The van der Waals surface area contributed by atoms with Crippen LogP contribution in [-0.4, -0.2) is 22.6 Å². The SMILES string of the molecule is CCc1ccc([C@@H]2SCC(=O)N2C2CCCCC2)cc1. The van der Waals surface area contributed by atoms with Crippen LogP contribution in [0.3, 0.4) is 0 Å². The largest absolute Gasteiger partial charge is 0.323 e. The lowest BCUT2D eigenvalue weighted by atomic mass is 9.93. The number of hydrogen-bond acceptors (Lipinski definition) is 2. The van der Waals surface area contributed by atoms with Crippen molar-refractivity contribution in [1.82, 2.24) is 4.90 Å². The van der Waals surface area contributed by atoms with E-state index in [0.29, 0.717) is 17.7 Å². The molecule has 0 radical (unpaired) electrons. The van der Waals surface area contributed by atoms with Crippen molar-refractivity contribution in [1.29, 1.82) is 0 Å². The molecule has 2 fully saturated rings. The first kappa shape index (κ1) is 14.0. The van der Waals surface area contributed by atoms with Crippen LogP contribution in [0.4, 0.5) is 0 Å². The molecule has 2 nitrogen and oxygen atoms in total. The third-order valence-electron chi connectivity index (χ3n) is 4.55. The van der Waals surface area contributed by atoms with Crippen molar-refractivity contribution in [3.63, 3.8) is 0 Å². The lowest BCUT2D eigenvalue weighted by molar-refractivity contribution is -0.131. The highest BCUT2D eigenvalue weighted by atomic mass is 32.2. The van der Waals surface area contributed by atoms with E-state index < -0.39 is 0 Å². The van der Waals surface area contributed by atoms with Gasteiger partial charge in [-0.05, 0) is 30.4 Å². The van der Waals surface area contributed by atoms with Gasteiger partial charge >= 0.3 is 0 Å². The Labute approximate surface area is 125 Å². The Balaban J connectivity index is 1.80. The summed E-state index contributed by atoms with van der Waals surface area (Å²) in [6, 6.07) is 9.31. The fourth-order valence-corrected chi connectivity index (χ4v) is 4.61. The van der Waals surface area contributed by atoms with E-state index in [9.17, 15) is 4.79 Å². The summed E-state index contributed by atoms with van der Waals surface area (Å²) in [6.07, 6.45) is 7.35. The summed E-state index contributed by atoms with van der Waals surface area (Å²) in [5.41, 5.74) is 2.66. The quantitative estimate of drug-likeness (QED) is 0.833. The normalized spacial score (nSPS) is 24.4. The van der Waals surface area contributed by atoms with Gasteiger partial charge in [-0.25, -0.2) is 0 Å². The average Bonchev–Trinajstić information content (AvgIpc) is 2.90. The molecule has 1 atom stereocenters. The fourth-order valence-electron chi connectivity index (χ4n) is 3.36. The molecule has 108 valence electrons. The van der Waals surface area contributed by atoms with Gasteiger partial charge in [0.2, 0.25) is 5.91 Å². The highest BCUT2D eigenvalue weighted by Crippen LogP contribution is 2.42. The van der Waals surface area contributed by atoms with Crippen molar-refractivity contribution in [2.45, 2.75) is 56.9 Å². The average molecular weight is 289 g/mol. The molecule has 20 heavy (non-hydrogen) atoms. The van der Waals surface area contributed by atoms with Crippen LogP contribution in [0.25, 0.3) is 0 Å². The standard InChI is InChI=1S/C17H23NOS/c1-2-13-8-10-14(11-9-13)17-18(16(19)12-20-17)15-6-4-3-5-7-15/h8-11,15,17H,2-7,12H2,1H3/t17-/m0/s1. The first-order valence-corrected chi connectivity index (χ1v) is 8.86.